The summed E-state index contributed by atoms with van der Waals surface area (Å²) in [5.41, 5.74) is 0.882. The summed E-state index contributed by atoms with van der Waals surface area (Å²) in [5.74, 6) is 1.00. The van der Waals surface area contributed by atoms with Crippen LogP contribution in [0.25, 0.3) is 0 Å². The van der Waals surface area contributed by atoms with E-state index in [1.54, 1.807) is 4.31 Å². The highest BCUT2D eigenvalue weighted by atomic mass is 35.5. The second-order valence-corrected chi connectivity index (χ2v) is 8.72. The van der Waals surface area contributed by atoms with E-state index in [-0.39, 0.29) is 12.4 Å². The van der Waals surface area contributed by atoms with Gasteiger partial charge < -0.3 is 5.32 Å². The standard InChI is InChI=1S/C12H18N2O2S2.ClH/c1-8-3-9(2)17-12(8)18(15,16)14-6-10-4-13-5-11(10)7-14;/h3,10-11,13H,4-7H2,1-2H3;1H/t10-,11+;. The maximum Gasteiger partial charge on any atom is 0.252 e. The molecule has 2 atom stereocenters. The van der Waals surface area contributed by atoms with Crippen molar-refractivity contribution in [3.63, 3.8) is 0 Å². The SMILES string of the molecule is Cc1cc(C)c(S(=O)(=O)N2C[C@H]3CNC[C@H]3C2)s1.Cl. The fourth-order valence-corrected chi connectivity index (χ4v) is 6.36. The van der Waals surface area contributed by atoms with E-state index < -0.39 is 10.0 Å². The molecular formula is C12H19ClN2O2S2. The van der Waals surface area contributed by atoms with Crippen LogP contribution >= 0.6 is 23.7 Å². The van der Waals surface area contributed by atoms with Crippen molar-refractivity contribution in [2.24, 2.45) is 11.8 Å². The van der Waals surface area contributed by atoms with E-state index in [2.05, 4.69) is 5.32 Å². The Morgan fingerprint density at radius 2 is 1.84 bits per heavy atom. The lowest BCUT2D eigenvalue weighted by molar-refractivity contribution is 0.449. The molecule has 0 bridgehead atoms. The van der Waals surface area contributed by atoms with E-state index in [4.69, 9.17) is 0 Å². The van der Waals surface area contributed by atoms with E-state index in [1.165, 1.54) is 11.3 Å². The second kappa shape index (κ2) is 5.33. The molecule has 19 heavy (non-hydrogen) atoms. The summed E-state index contributed by atoms with van der Waals surface area (Å²) in [5, 5.41) is 3.33. The molecule has 7 heteroatoms. The molecule has 0 spiro atoms. The Labute approximate surface area is 124 Å². The minimum Gasteiger partial charge on any atom is -0.316 e. The van der Waals surface area contributed by atoms with Crippen LogP contribution in [0.15, 0.2) is 10.3 Å². The van der Waals surface area contributed by atoms with Crippen molar-refractivity contribution >= 4 is 33.8 Å². The van der Waals surface area contributed by atoms with Crippen LogP contribution in [-0.2, 0) is 10.0 Å². The van der Waals surface area contributed by atoms with Gasteiger partial charge in [0.2, 0.25) is 0 Å². The molecule has 3 heterocycles. The van der Waals surface area contributed by atoms with Crippen LogP contribution in [-0.4, -0.2) is 38.9 Å². The summed E-state index contributed by atoms with van der Waals surface area (Å²) in [6.45, 7) is 7.11. The van der Waals surface area contributed by atoms with Gasteiger partial charge in [-0.05, 0) is 50.4 Å². The molecule has 2 saturated heterocycles. The van der Waals surface area contributed by atoms with E-state index in [1.807, 2.05) is 19.9 Å². The first-order chi connectivity index (χ1) is 8.48. The minimum atomic E-state index is -3.27. The highest BCUT2D eigenvalue weighted by Crippen LogP contribution is 2.34. The average molecular weight is 323 g/mol. The molecule has 0 aliphatic carbocycles. The molecular weight excluding hydrogens is 304 g/mol. The van der Waals surface area contributed by atoms with Crippen molar-refractivity contribution in [2.75, 3.05) is 26.2 Å². The van der Waals surface area contributed by atoms with Gasteiger partial charge in [-0.2, -0.15) is 4.31 Å². The number of nitrogens with one attached hydrogen (secondary N) is 1. The molecule has 0 unspecified atom stereocenters. The van der Waals surface area contributed by atoms with Gasteiger partial charge in [0.15, 0.2) is 0 Å². The first kappa shape index (κ1) is 15.3. The smallest absolute Gasteiger partial charge is 0.252 e. The quantitative estimate of drug-likeness (QED) is 0.900. The number of rotatable bonds is 2. The van der Waals surface area contributed by atoms with Crippen LogP contribution in [0.1, 0.15) is 10.4 Å². The third kappa shape index (κ3) is 2.56. The average Bonchev–Trinajstić information content (AvgIpc) is 2.90. The Hall–Kier alpha value is -0.140. The third-order valence-corrected chi connectivity index (χ3v) is 7.52. The number of nitrogens with zero attached hydrogens (tertiary/aromatic N) is 1. The van der Waals surface area contributed by atoms with Crippen LogP contribution in [0, 0.1) is 25.7 Å². The Morgan fingerprint density at radius 1 is 1.26 bits per heavy atom. The van der Waals surface area contributed by atoms with Gasteiger partial charge in [0.1, 0.15) is 4.21 Å². The molecule has 0 amide bonds. The Kier molecular flexibility index (Phi) is 4.28. The summed E-state index contributed by atoms with van der Waals surface area (Å²) in [6, 6.07) is 1.95. The predicted molar refractivity (Wildman–Crippen MR) is 79.6 cm³/mol. The van der Waals surface area contributed by atoms with Crippen LogP contribution < -0.4 is 5.32 Å². The molecule has 0 saturated carbocycles. The highest BCUT2D eigenvalue weighted by Gasteiger charge is 2.42. The van der Waals surface area contributed by atoms with E-state index in [0.29, 0.717) is 29.1 Å². The molecule has 0 aromatic carbocycles. The number of hydrogen-bond donors (Lipinski definition) is 1. The molecule has 2 aliphatic rings. The van der Waals surface area contributed by atoms with Crippen molar-refractivity contribution in [2.45, 2.75) is 18.1 Å². The molecule has 2 aliphatic heterocycles. The summed E-state index contributed by atoms with van der Waals surface area (Å²) < 4.78 is 27.4. The van der Waals surface area contributed by atoms with Crippen LogP contribution in [0.5, 0.6) is 0 Å². The Bertz CT molecular complexity index is 558. The predicted octanol–water partition coefficient (Wildman–Crippen LogP) is 1.63. The molecule has 1 N–H and O–H groups in total. The number of sulfonamides is 1. The maximum absolute atomic E-state index is 12.6. The van der Waals surface area contributed by atoms with Gasteiger partial charge in [-0.3, -0.25) is 0 Å². The van der Waals surface area contributed by atoms with Gasteiger partial charge in [-0.1, -0.05) is 0 Å². The molecule has 4 nitrogen and oxygen atoms in total. The number of thiophene rings is 1. The molecule has 1 aromatic heterocycles. The zero-order chi connectivity index (χ0) is 12.9. The van der Waals surface area contributed by atoms with Crippen molar-refractivity contribution in [1.82, 2.24) is 9.62 Å². The van der Waals surface area contributed by atoms with Gasteiger partial charge in [0.05, 0.1) is 0 Å². The van der Waals surface area contributed by atoms with Crippen LogP contribution in [0.4, 0.5) is 0 Å². The van der Waals surface area contributed by atoms with Gasteiger partial charge in [-0.25, -0.2) is 8.42 Å². The number of halogens is 1. The van der Waals surface area contributed by atoms with Crippen LogP contribution in [0.2, 0.25) is 0 Å². The van der Waals surface area contributed by atoms with Crippen molar-refractivity contribution in [1.29, 1.82) is 0 Å². The van der Waals surface area contributed by atoms with Crippen molar-refractivity contribution in [3.8, 4) is 0 Å². The minimum absolute atomic E-state index is 0. The zero-order valence-corrected chi connectivity index (χ0v) is 13.5. The molecule has 0 radical (unpaired) electrons. The summed E-state index contributed by atoms with van der Waals surface area (Å²) >= 11 is 1.39. The van der Waals surface area contributed by atoms with Gasteiger partial charge in [-0.15, -0.1) is 23.7 Å². The lowest BCUT2D eigenvalue weighted by Crippen LogP contribution is -2.31. The van der Waals surface area contributed by atoms with E-state index in [0.717, 1.165) is 23.5 Å². The first-order valence-electron chi connectivity index (χ1n) is 6.26. The highest BCUT2D eigenvalue weighted by molar-refractivity contribution is 7.91. The number of aryl methyl sites for hydroxylation is 2. The second-order valence-electron chi connectivity index (χ2n) is 5.33. The van der Waals surface area contributed by atoms with Gasteiger partial charge >= 0.3 is 0 Å². The monoisotopic (exact) mass is 322 g/mol. The maximum atomic E-state index is 12.6. The molecule has 108 valence electrons. The first-order valence-corrected chi connectivity index (χ1v) is 8.52. The lowest BCUT2D eigenvalue weighted by Gasteiger charge is -2.16. The number of fused-ring (bicyclic) bond motifs is 1. The fraction of sp³-hybridized carbons (Fsp3) is 0.667. The number of hydrogen-bond acceptors (Lipinski definition) is 4. The van der Waals surface area contributed by atoms with Crippen molar-refractivity contribution in [3.05, 3.63) is 16.5 Å². The van der Waals surface area contributed by atoms with Crippen molar-refractivity contribution < 1.29 is 8.42 Å². The fourth-order valence-electron chi connectivity index (χ4n) is 3.00. The van der Waals surface area contributed by atoms with E-state index >= 15 is 0 Å². The van der Waals surface area contributed by atoms with Gasteiger partial charge in [0, 0.05) is 18.0 Å². The summed E-state index contributed by atoms with van der Waals surface area (Å²) in [4.78, 5) is 1.06. The largest absolute Gasteiger partial charge is 0.316 e. The molecule has 3 rings (SSSR count). The molecule has 2 fully saturated rings. The molecule has 1 aromatic rings. The zero-order valence-electron chi connectivity index (χ0n) is 11.0. The van der Waals surface area contributed by atoms with Crippen LogP contribution in [0.3, 0.4) is 0 Å². The van der Waals surface area contributed by atoms with Gasteiger partial charge in [0.25, 0.3) is 10.0 Å². The third-order valence-electron chi connectivity index (χ3n) is 3.93. The van der Waals surface area contributed by atoms with E-state index in [9.17, 15) is 8.42 Å². The summed E-state index contributed by atoms with van der Waals surface area (Å²) in [6.07, 6.45) is 0. The topological polar surface area (TPSA) is 49.4 Å². The Morgan fingerprint density at radius 3 is 2.32 bits per heavy atom. The Balaban J connectivity index is 0.00000133. The normalized spacial score (nSPS) is 27.3. The summed E-state index contributed by atoms with van der Waals surface area (Å²) in [7, 11) is -3.27. The lowest BCUT2D eigenvalue weighted by atomic mass is 10.0.